The molecule has 1 aromatic carbocycles. The maximum absolute atomic E-state index is 13.1. The van der Waals surface area contributed by atoms with Crippen LogP contribution < -0.4 is 10.5 Å². The predicted molar refractivity (Wildman–Crippen MR) is 109 cm³/mol. The van der Waals surface area contributed by atoms with E-state index in [0.717, 1.165) is 5.41 Å². The number of nitrogens with one attached hydrogen (secondary N) is 2. The number of hydrogen-bond acceptors (Lipinski definition) is 5. The van der Waals surface area contributed by atoms with Crippen LogP contribution in [0.3, 0.4) is 0 Å². The molecule has 3 rings (SSSR count). The zero-order chi connectivity index (χ0) is 20.7. The number of primary amides is 1. The Kier molecular flexibility index (Phi) is 5.69. The van der Waals surface area contributed by atoms with E-state index in [2.05, 4.69) is 32.2 Å². The van der Waals surface area contributed by atoms with Crippen LogP contribution in [-0.4, -0.2) is 51.2 Å². The van der Waals surface area contributed by atoms with Crippen LogP contribution in [0.15, 0.2) is 39.6 Å². The van der Waals surface area contributed by atoms with Gasteiger partial charge in [0.15, 0.2) is 0 Å². The number of rotatable bonds is 6. The fraction of sp³-hybridized carbons (Fsp3) is 0.312. The molecule has 1 atom stereocenters. The maximum Gasteiger partial charge on any atom is 0.266 e. The molecular formula is C16H19BrN4O5S2. The highest BCUT2D eigenvalue weighted by molar-refractivity contribution is 9.10. The number of halogens is 1. The molecule has 152 valence electrons. The van der Waals surface area contributed by atoms with Crippen LogP contribution in [0.4, 0.5) is 0 Å². The molecule has 9 nitrogen and oxygen atoms in total. The standard InChI is InChI=1S/C16H19BrN4O5S2/c1-2-27(23,24)21-7-3-4-11(9-21)20-28(25,26)15-12-8-10(17)5-6-13(12)19-14(15)16(18)22/h2,5-6,8,11,19-20H,1,3-4,7,9H2,(H2,18,22). The topological polar surface area (TPSA) is 142 Å². The number of sulfonamides is 2. The molecule has 0 saturated carbocycles. The third kappa shape index (κ3) is 4.01. The Bertz CT molecular complexity index is 1160. The van der Waals surface area contributed by atoms with E-state index in [-0.39, 0.29) is 17.1 Å². The zero-order valence-corrected chi connectivity index (χ0v) is 17.9. The number of benzene rings is 1. The largest absolute Gasteiger partial charge is 0.364 e. The Balaban J connectivity index is 1.99. The number of nitrogens with two attached hydrogens (primary N) is 1. The third-order valence-electron chi connectivity index (χ3n) is 4.50. The number of amides is 1. The Labute approximate surface area is 171 Å². The van der Waals surface area contributed by atoms with Gasteiger partial charge in [-0.2, -0.15) is 4.31 Å². The van der Waals surface area contributed by atoms with E-state index >= 15 is 0 Å². The van der Waals surface area contributed by atoms with Crippen molar-refractivity contribution in [2.24, 2.45) is 5.73 Å². The third-order valence-corrected chi connectivity index (χ3v) is 8.08. The van der Waals surface area contributed by atoms with Gasteiger partial charge in [-0.25, -0.2) is 21.6 Å². The summed E-state index contributed by atoms with van der Waals surface area (Å²) in [5.74, 6) is -0.910. The van der Waals surface area contributed by atoms with E-state index in [1.54, 1.807) is 18.2 Å². The second-order valence-electron chi connectivity index (χ2n) is 6.41. The number of fused-ring (bicyclic) bond motifs is 1. The molecule has 1 aromatic heterocycles. The van der Waals surface area contributed by atoms with Crippen molar-refractivity contribution in [3.05, 3.63) is 40.4 Å². The number of carbonyl (C=O) groups is 1. The van der Waals surface area contributed by atoms with Crippen molar-refractivity contribution in [3.63, 3.8) is 0 Å². The normalized spacial score (nSPS) is 19.0. The van der Waals surface area contributed by atoms with Crippen molar-refractivity contribution in [1.29, 1.82) is 0 Å². The minimum atomic E-state index is -4.16. The van der Waals surface area contributed by atoms with Gasteiger partial charge in [0.2, 0.25) is 20.0 Å². The monoisotopic (exact) mass is 490 g/mol. The highest BCUT2D eigenvalue weighted by Gasteiger charge is 2.33. The molecule has 0 radical (unpaired) electrons. The summed E-state index contributed by atoms with van der Waals surface area (Å²) in [6, 6.07) is 4.25. The fourth-order valence-electron chi connectivity index (χ4n) is 3.25. The van der Waals surface area contributed by atoms with Gasteiger partial charge in [-0.05, 0) is 31.0 Å². The summed E-state index contributed by atoms with van der Waals surface area (Å²) in [6.07, 6.45) is 0.947. The van der Waals surface area contributed by atoms with Gasteiger partial charge in [-0.15, -0.1) is 0 Å². The van der Waals surface area contributed by atoms with E-state index in [4.69, 9.17) is 5.73 Å². The van der Waals surface area contributed by atoms with E-state index in [1.165, 1.54) is 4.31 Å². The Morgan fingerprint density at radius 3 is 2.71 bits per heavy atom. The number of carbonyl (C=O) groups excluding carboxylic acids is 1. The van der Waals surface area contributed by atoms with Crippen molar-refractivity contribution >= 4 is 52.8 Å². The highest BCUT2D eigenvalue weighted by Crippen LogP contribution is 2.30. The first-order valence-electron chi connectivity index (χ1n) is 8.31. The molecule has 1 aliphatic heterocycles. The molecule has 1 saturated heterocycles. The molecule has 1 amide bonds. The van der Waals surface area contributed by atoms with E-state index in [0.29, 0.717) is 34.8 Å². The quantitative estimate of drug-likeness (QED) is 0.558. The lowest BCUT2D eigenvalue weighted by atomic mass is 10.1. The predicted octanol–water partition coefficient (Wildman–Crippen LogP) is 1.25. The number of H-pyrrole nitrogens is 1. The van der Waals surface area contributed by atoms with Gasteiger partial charge in [-0.3, -0.25) is 4.79 Å². The van der Waals surface area contributed by atoms with Crippen LogP contribution in [0.25, 0.3) is 10.9 Å². The average Bonchev–Trinajstić information content (AvgIpc) is 3.01. The van der Waals surface area contributed by atoms with Gasteiger partial charge in [0.05, 0.1) is 0 Å². The van der Waals surface area contributed by atoms with Crippen molar-refractivity contribution < 1.29 is 21.6 Å². The molecule has 0 spiro atoms. The molecule has 1 unspecified atom stereocenters. The summed E-state index contributed by atoms with van der Waals surface area (Å²) in [7, 11) is -7.81. The van der Waals surface area contributed by atoms with Crippen molar-refractivity contribution in [1.82, 2.24) is 14.0 Å². The number of hydrogen-bond donors (Lipinski definition) is 3. The molecule has 28 heavy (non-hydrogen) atoms. The maximum atomic E-state index is 13.1. The first-order chi connectivity index (χ1) is 13.0. The summed E-state index contributed by atoms with van der Waals surface area (Å²) in [5.41, 5.74) is 5.58. The summed E-state index contributed by atoms with van der Waals surface area (Å²) < 4.78 is 54.5. The molecule has 4 N–H and O–H groups in total. The molecule has 1 fully saturated rings. The summed E-state index contributed by atoms with van der Waals surface area (Å²) >= 11 is 3.29. The van der Waals surface area contributed by atoms with Crippen LogP contribution in [0, 0.1) is 0 Å². The second-order valence-corrected chi connectivity index (χ2v) is 10.9. The van der Waals surface area contributed by atoms with Gasteiger partial charge >= 0.3 is 0 Å². The number of piperidine rings is 1. The molecule has 2 heterocycles. The van der Waals surface area contributed by atoms with Crippen LogP contribution in [0.2, 0.25) is 0 Å². The smallest absolute Gasteiger partial charge is 0.266 e. The molecule has 1 aliphatic rings. The number of aromatic nitrogens is 1. The van der Waals surface area contributed by atoms with Crippen molar-refractivity contribution in [2.75, 3.05) is 13.1 Å². The van der Waals surface area contributed by atoms with E-state index in [1.807, 2.05) is 0 Å². The zero-order valence-electron chi connectivity index (χ0n) is 14.7. The van der Waals surface area contributed by atoms with Gasteiger partial charge < -0.3 is 10.7 Å². The summed E-state index contributed by atoms with van der Waals surface area (Å²) in [4.78, 5) is 14.3. The van der Waals surface area contributed by atoms with Crippen LogP contribution in [-0.2, 0) is 20.0 Å². The lowest BCUT2D eigenvalue weighted by Gasteiger charge is -2.31. The number of aromatic amines is 1. The summed E-state index contributed by atoms with van der Waals surface area (Å²) in [5, 5.41) is 1.15. The van der Waals surface area contributed by atoms with Crippen molar-refractivity contribution in [2.45, 2.75) is 23.8 Å². The fourth-order valence-corrected chi connectivity index (χ4v) is 6.22. The molecular weight excluding hydrogens is 472 g/mol. The summed E-state index contributed by atoms with van der Waals surface area (Å²) in [6.45, 7) is 3.56. The molecule has 0 bridgehead atoms. The minimum absolute atomic E-state index is 0.0223. The second kappa shape index (κ2) is 7.59. The molecule has 12 heteroatoms. The van der Waals surface area contributed by atoms with E-state index < -0.39 is 32.0 Å². The Hall–Kier alpha value is -1.73. The first kappa shape index (κ1) is 21.0. The van der Waals surface area contributed by atoms with Crippen LogP contribution >= 0.6 is 15.9 Å². The lowest BCUT2D eigenvalue weighted by Crippen LogP contribution is -2.49. The van der Waals surface area contributed by atoms with Crippen LogP contribution in [0.1, 0.15) is 23.3 Å². The number of nitrogens with zero attached hydrogens (tertiary/aromatic N) is 1. The van der Waals surface area contributed by atoms with Gasteiger partial charge in [0, 0.05) is 39.9 Å². The average molecular weight is 491 g/mol. The van der Waals surface area contributed by atoms with Gasteiger partial charge in [0.1, 0.15) is 10.6 Å². The molecule has 0 aliphatic carbocycles. The van der Waals surface area contributed by atoms with Crippen molar-refractivity contribution in [3.8, 4) is 0 Å². The highest BCUT2D eigenvalue weighted by atomic mass is 79.9. The minimum Gasteiger partial charge on any atom is -0.364 e. The first-order valence-corrected chi connectivity index (χ1v) is 12.1. The lowest BCUT2D eigenvalue weighted by molar-refractivity contribution is 0.0993. The van der Waals surface area contributed by atoms with Gasteiger partial charge in [-0.1, -0.05) is 22.5 Å². The van der Waals surface area contributed by atoms with E-state index in [9.17, 15) is 21.6 Å². The van der Waals surface area contributed by atoms with Crippen LogP contribution in [0.5, 0.6) is 0 Å². The Morgan fingerprint density at radius 1 is 1.36 bits per heavy atom. The Morgan fingerprint density at radius 2 is 2.07 bits per heavy atom. The molecule has 2 aromatic rings. The van der Waals surface area contributed by atoms with Gasteiger partial charge in [0.25, 0.3) is 5.91 Å². The SMILES string of the molecule is C=CS(=O)(=O)N1CCCC(NS(=O)(=O)c2c(C(N)=O)[nH]c3ccc(Br)cc23)C1.